The molecular weight excluding hydrogens is 346 g/mol. The second kappa shape index (κ2) is 7.84. The molecule has 136 valence electrons. The predicted octanol–water partition coefficient (Wildman–Crippen LogP) is 2.73. The summed E-state index contributed by atoms with van der Waals surface area (Å²) in [5.41, 5.74) is 2.32. The maximum atomic E-state index is 4.46. The lowest BCUT2D eigenvalue weighted by molar-refractivity contribution is 0.571. The first kappa shape index (κ1) is 17.0. The van der Waals surface area contributed by atoms with Gasteiger partial charge in [0, 0.05) is 44.4 Å². The Hall–Kier alpha value is -2.45. The fourth-order valence-electron chi connectivity index (χ4n) is 3.44. The molecule has 3 aromatic rings. The molecule has 0 spiro atoms. The van der Waals surface area contributed by atoms with Crippen molar-refractivity contribution in [2.75, 3.05) is 30.4 Å². The molecule has 1 unspecified atom stereocenters. The minimum absolute atomic E-state index is 0.451. The Morgan fingerprint density at radius 3 is 3.19 bits per heavy atom. The third kappa shape index (κ3) is 3.56. The van der Waals surface area contributed by atoms with E-state index in [4.69, 9.17) is 0 Å². The number of rotatable bonds is 7. The van der Waals surface area contributed by atoms with Gasteiger partial charge in [-0.15, -0.1) is 11.3 Å². The van der Waals surface area contributed by atoms with Gasteiger partial charge in [-0.05, 0) is 24.3 Å². The largest absolute Gasteiger partial charge is 0.373 e. The lowest BCUT2D eigenvalue weighted by Gasteiger charge is -2.26. The van der Waals surface area contributed by atoms with Crippen molar-refractivity contribution in [1.82, 2.24) is 25.5 Å². The van der Waals surface area contributed by atoms with Crippen LogP contribution in [0, 0.1) is 0 Å². The van der Waals surface area contributed by atoms with E-state index in [0.717, 1.165) is 37.0 Å². The Labute approximate surface area is 156 Å². The number of nitrogens with one attached hydrogen (secondary N) is 3. The van der Waals surface area contributed by atoms with E-state index in [9.17, 15) is 0 Å². The molecule has 26 heavy (non-hydrogen) atoms. The van der Waals surface area contributed by atoms with Crippen LogP contribution in [0.25, 0.3) is 10.6 Å². The van der Waals surface area contributed by atoms with Crippen molar-refractivity contribution in [1.29, 1.82) is 0 Å². The molecule has 0 bridgehead atoms. The Kier molecular flexibility index (Phi) is 5.12. The van der Waals surface area contributed by atoms with Crippen LogP contribution in [0.1, 0.15) is 18.4 Å². The van der Waals surface area contributed by atoms with E-state index < -0.39 is 0 Å². The molecule has 4 heterocycles. The molecule has 3 N–H and O–H groups in total. The van der Waals surface area contributed by atoms with Crippen LogP contribution >= 0.6 is 11.3 Å². The van der Waals surface area contributed by atoms with E-state index >= 15 is 0 Å². The summed E-state index contributed by atoms with van der Waals surface area (Å²) in [6.07, 6.45) is 5.91. The Balaban J connectivity index is 1.38. The lowest BCUT2D eigenvalue weighted by atomic mass is 10.2. The van der Waals surface area contributed by atoms with E-state index in [2.05, 4.69) is 53.2 Å². The molecule has 3 aromatic heterocycles. The van der Waals surface area contributed by atoms with Crippen LogP contribution in [0.5, 0.6) is 0 Å². The van der Waals surface area contributed by atoms with Gasteiger partial charge >= 0.3 is 0 Å². The maximum absolute atomic E-state index is 4.46. The Morgan fingerprint density at radius 2 is 2.35 bits per heavy atom. The highest BCUT2D eigenvalue weighted by Gasteiger charge is 2.25. The second-order valence-electron chi connectivity index (χ2n) is 6.38. The highest BCUT2D eigenvalue weighted by Crippen LogP contribution is 2.26. The molecule has 0 amide bonds. The van der Waals surface area contributed by atoms with Gasteiger partial charge < -0.3 is 15.5 Å². The highest BCUT2D eigenvalue weighted by atomic mass is 32.1. The first-order chi connectivity index (χ1) is 12.8. The summed E-state index contributed by atoms with van der Waals surface area (Å²) in [6, 6.07) is 6.65. The minimum atomic E-state index is 0.451. The van der Waals surface area contributed by atoms with Gasteiger partial charge in [0.25, 0.3) is 0 Å². The van der Waals surface area contributed by atoms with Crippen LogP contribution in [-0.2, 0) is 6.54 Å². The minimum Gasteiger partial charge on any atom is -0.373 e. The molecule has 7 nitrogen and oxygen atoms in total. The van der Waals surface area contributed by atoms with Crippen LogP contribution in [-0.4, -0.2) is 46.3 Å². The number of H-pyrrole nitrogens is 1. The lowest BCUT2D eigenvalue weighted by Crippen LogP contribution is -2.38. The molecule has 1 fully saturated rings. The SMILES string of the molecule is CNc1cc(N2CCCC2CNCc2cn[nH]c2-c2cccs2)ncn1. The summed E-state index contributed by atoms with van der Waals surface area (Å²) >= 11 is 1.73. The van der Waals surface area contributed by atoms with Crippen LogP contribution in [0.4, 0.5) is 11.6 Å². The number of hydrogen-bond donors (Lipinski definition) is 3. The van der Waals surface area contributed by atoms with Crippen LogP contribution < -0.4 is 15.5 Å². The van der Waals surface area contributed by atoms with Crippen molar-refractivity contribution in [3.8, 4) is 10.6 Å². The topological polar surface area (TPSA) is 81.8 Å². The number of thiophene rings is 1. The molecule has 1 aliphatic rings. The Morgan fingerprint density at radius 1 is 1.38 bits per heavy atom. The molecule has 0 saturated carbocycles. The number of hydrogen-bond acceptors (Lipinski definition) is 7. The van der Waals surface area contributed by atoms with E-state index in [1.807, 2.05) is 19.3 Å². The fraction of sp³-hybridized carbons (Fsp3) is 0.389. The number of anilines is 2. The second-order valence-corrected chi connectivity index (χ2v) is 7.33. The molecule has 1 saturated heterocycles. The van der Waals surface area contributed by atoms with Gasteiger partial charge in [0.1, 0.15) is 18.0 Å². The van der Waals surface area contributed by atoms with E-state index in [0.29, 0.717) is 6.04 Å². The highest BCUT2D eigenvalue weighted by molar-refractivity contribution is 7.13. The van der Waals surface area contributed by atoms with E-state index in [1.165, 1.54) is 23.3 Å². The van der Waals surface area contributed by atoms with Crippen LogP contribution in [0.2, 0.25) is 0 Å². The van der Waals surface area contributed by atoms with Gasteiger partial charge in [-0.3, -0.25) is 5.10 Å². The van der Waals surface area contributed by atoms with Gasteiger partial charge in [-0.1, -0.05) is 6.07 Å². The van der Waals surface area contributed by atoms with Crippen molar-refractivity contribution >= 4 is 23.0 Å². The summed E-state index contributed by atoms with van der Waals surface area (Å²) in [5.74, 6) is 1.85. The third-order valence-corrected chi connectivity index (χ3v) is 5.65. The fourth-order valence-corrected chi connectivity index (χ4v) is 4.20. The monoisotopic (exact) mass is 369 g/mol. The number of nitrogens with zero attached hydrogens (tertiary/aromatic N) is 4. The van der Waals surface area contributed by atoms with Gasteiger partial charge in [-0.2, -0.15) is 5.10 Å². The quantitative estimate of drug-likeness (QED) is 0.594. The molecule has 1 aliphatic heterocycles. The summed E-state index contributed by atoms with van der Waals surface area (Å²) in [4.78, 5) is 12.3. The van der Waals surface area contributed by atoms with Crippen LogP contribution in [0.3, 0.4) is 0 Å². The number of aromatic amines is 1. The zero-order valence-corrected chi connectivity index (χ0v) is 15.6. The summed E-state index contributed by atoms with van der Waals surface area (Å²) in [5, 5.41) is 16.1. The zero-order chi connectivity index (χ0) is 17.8. The van der Waals surface area contributed by atoms with Gasteiger partial charge in [0.05, 0.1) is 16.8 Å². The molecule has 0 aromatic carbocycles. The van der Waals surface area contributed by atoms with Crippen molar-refractivity contribution in [3.05, 3.63) is 41.7 Å². The molecular formula is C18H23N7S. The van der Waals surface area contributed by atoms with Gasteiger partial charge in [-0.25, -0.2) is 9.97 Å². The average molecular weight is 369 g/mol. The molecule has 1 atom stereocenters. The zero-order valence-electron chi connectivity index (χ0n) is 14.8. The van der Waals surface area contributed by atoms with Gasteiger partial charge in [0.2, 0.25) is 0 Å². The standard InChI is InChI=1S/C18H23N7S/c1-19-16-8-17(22-12-21-16)25-6-2-4-14(25)11-20-9-13-10-23-24-18(13)15-5-3-7-26-15/h3,5,7-8,10,12,14,20H,2,4,6,9,11H2,1H3,(H,23,24)(H,19,21,22). The maximum Gasteiger partial charge on any atom is 0.134 e. The number of aromatic nitrogens is 4. The summed E-state index contributed by atoms with van der Waals surface area (Å²) in [7, 11) is 1.88. The van der Waals surface area contributed by atoms with Crippen molar-refractivity contribution < 1.29 is 0 Å². The first-order valence-electron chi connectivity index (χ1n) is 8.88. The molecule has 0 radical (unpaired) electrons. The van der Waals surface area contributed by atoms with Crippen molar-refractivity contribution in [2.24, 2.45) is 0 Å². The van der Waals surface area contributed by atoms with E-state index in [1.54, 1.807) is 17.7 Å². The normalized spacial score (nSPS) is 17.0. The van der Waals surface area contributed by atoms with Crippen molar-refractivity contribution in [3.63, 3.8) is 0 Å². The van der Waals surface area contributed by atoms with Crippen LogP contribution in [0.15, 0.2) is 36.1 Å². The summed E-state index contributed by atoms with van der Waals surface area (Å²) < 4.78 is 0. The Bertz CT molecular complexity index is 830. The third-order valence-electron chi connectivity index (χ3n) is 4.76. The van der Waals surface area contributed by atoms with Crippen molar-refractivity contribution in [2.45, 2.75) is 25.4 Å². The molecule has 8 heteroatoms. The smallest absolute Gasteiger partial charge is 0.134 e. The first-order valence-corrected chi connectivity index (χ1v) is 9.76. The van der Waals surface area contributed by atoms with E-state index in [-0.39, 0.29) is 0 Å². The molecule has 4 rings (SSSR count). The average Bonchev–Trinajstić information content (AvgIpc) is 3.43. The molecule has 0 aliphatic carbocycles. The summed E-state index contributed by atoms with van der Waals surface area (Å²) in [6.45, 7) is 2.77. The predicted molar refractivity (Wildman–Crippen MR) is 106 cm³/mol. The van der Waals surface area contributed by atoms with Gasteiger partial charge in [0.15, 0.2) is 0 Å².